The number of carbonyl (C=O) groups excluding carboxylic acids is 1. The van der Waals surface area contributed by atoms with Crippen LogP contribution in [0.4, 0.5) is 14.9 Å². The number of aliphatic hydroxyl groups excluding tert-OH is 1. The van der Waals surface area contributed by atoms with E-state index in [1.807, 2.05) is 0 Å². The molecule has 0 fully saturated rings. The number of halogens is 2. The quantitative estimate of drug-likeness (QED) is 0.811. The van der Waals surface area contributed by atoms with Gasteiger partial charge in [0.25, 0.3) is 0 Å². The molecule has 110 valence electrons. The predicted octanol–water partition coefficient (Wildman–Crippen LogP) is 3.33. The molecule has 0 radical (unpaired) electrons. The Labute approximate surface area is 126 Å². The van der Waals surface area contributed by atoms with E-state index in [9.17, 15) is 14.3 Å². The summed E-state index contributed by atoms with van der Waals surface area (Å²) in [5, 5.41) is 14.9. The van der Waals surface area contributed by atoms with E-state index in [-0.39, 0.29) is 12.3 Å². The van der Waals surface area contributed by atoms with E-state index < -0.39 is 17.9 Å². The zero-order chi connectivity index (χ0) is 15.2. The second kappa shape index (κ2) is 7.06. The summed E-state index contributed by atoms with van der Waals surface area (Å²) in [7, 11) is 0. The summed E-state index contributed by atoms with van der Waals surface area (Å²) in [6, 6.07) is 11.4. The van der Waals surface area contributed by atoms with Crippen molar-refractivity contribution in [3.8, 4) is 0 Å². The molecule has 1 unspecified atom stereocenters. The average molecular weight is 309 g/mol. The highest BCUT2D eigenvalue weighted by Crippen LogP contribution is 2.17. The third-order valence-electron chi connectivity index (χ3n) is 2.88. The highest BCUT2D eigenvalue weighted by Gasteiger charge is 2.14. The lowest BCUT2D eigenvalue weighted by molar-refractivity contribution is 0.225. The summed E-state index contributed by atoms with van der Waals surface area (Å²) in [5.74, 6) is -0.528. The van der Waals surface area contributed by atoms with Crippen LogP contribution in [0.25, 0.3) is 0 Å². The number of rotatable bonds is 4. The number of hydrogen-bond donors (Lipinski definition) is 3. The molecule has 0 aromatic heterocycles. The zero-order valence-electron chi connectivity index (χ0n) is 11.0. The maximum absolute atomic E-state index is 13.4. The summed E-state index contributed by atoms with van der Waals surface area (Å²) < 4.78 is 13.4. The molecule has 3 N–H and O–H groups in total. The van der Waals surface area contributed by atoms with Crippen LogP contribution in [0.15, 0.2) is 48.5 Å². The summed E-state index contributed by atoms with van der Waals surface area (Å²) in [6.45, 7) is -0.285. The fourth-order valence-electron chi connectivity index (χ4n) is 1.81. The van der Waals surface area contributed by atoms with Crippen LogP contribution in [0.3, 0.4) is 0 Å². The number of carbonyl (C=O) groups is 1. The van der Waals surface area contributed by atoms with Gasteiger partial charge in [-0.2, -0.15) is 0 Å². The molecule has 2 aromatic carbocycles. The first kappa shape index (κ1) is 15.3. The largest absolute Gasteiger partial charge is 0.394 e. The van der Waals surface area contributed by atoms with Gasteiger partial charge in [-0.3, -0.25) is 0 Å². The van der Waals surface area contributed by atoms with Gasteiger partial charge in [0, 0.05) is 5.02 Å². The third kappa shape index (κ3) is 4.18. The van der Waals surface area contributed by atoms with Gasteiger partial charge in [0.15, 0.2) is 0 Å². The van der Waals surface area contributed by atoms with Crippen LogP contribution in [-0.2, 0) is 0 Å². The number of hydrogen-bond acceptors (Lipinski definition) is 2. The van der Waals surface area contributed by atoms with Crippen LogP contribution < -0.4 is 10.6 Å². The van der Waals surface area contributed by atoms with Crippen molar-refractivity contribution in [3.05, 3.63) is 64.9 Å². The molecule has 2 rings (SSSR count). The van der Waals surface area contributed by atoms with Crippen molar-refractivity contribution in [2.24, 2.45) is 0 Å². The van der Waals surface area contributed by atoms with Gasteiger partial charge in [-0.1, -0.05) is 35.9 Å². The number of urea groups is 1. The predicted molar refractivity (Wildman–Crippen MR) is 79.8 cm³/mol. The molecule has 2 aromatic rings. The fourth-order valence-corrected chi connectivity index (χ4v) is 1.93. The lowest BCUT2D eigenvalue weighted by Gasteiger charge is -2.17. The van der Waals surface area contributed by atoms with Crippen LogP contribution in [0.5, 0.6) is 0 Å². The monoisotopic (exact) mass is 308 g/mol. The van der Waals surface area contributed by atoms with Crippen molar-refractivity contribution in [3.63, 3.8) is 0 Å². The second-order valence-corrected chi connectivity index (χ2v) is 4.80. The Morgan fingerprint density at radius 2 is 1.86 bits per heavy atom. The van der Waals surface area contributed by atoms with Crippen molar-refractivity contribution in [1.82, 2.24) is 5.32 Å². The number of para-hydroxylation sites is 1. The van der Waals surface area contributed by atoms with E-state index in [0.29, 0.717) is 10.6 Å². The van der Waals surface area contributed by atoms with Crippen LogP contribution >= 0.6 is 11.6 Å². The zero-order valence-corrected chi connectivity index (χ0v) is 11.8. The summed E-state index contributed by atoms with van der Waals surface area (Å²) >= 11 is 5.79. The van der Waals surface area contributed by atoms with Crippen molar-refractivity contribution in [2.45, 2.75) is 6.04 Å². The van der Waals surface area contributed by atoms with E-state index >= 15 is 0 Å². The lowest BCUT2D eigenvalue weighted by atomic mass is 10.1. The third-order valence-corrected chi connectivity index (χ3v) is 3.13. The summed E-state index contributed by atoms with van der Waals surface area (Å²) in [4.78, 5) is 11.8. The Morgan fingerprint density at radius 1 is 1.19 bits per heavy atom. The molecular weight excluding hydrogens is 295 g/mol. The van der Waals surface area contributed by atoms with Gasteiger partial charge >= 0.3 is 6.03 Å². The topological polar surface area (TPSA) is 61.4 Å². The molecule has 0 saturated carbocycles. The van der Waals surface area contributed by atoms with Gasteiger partial charge in [0.1, 0.15) is 5.82 Å². The van der Waals surface area contributed by atoms with Gasteiger partial charge < -0.3 is 15.7 Å². The number of amides is 2. The lowest BCUT2D eigenvalue weighted by Crippen LogP contribution is -2.34. The van der Waals surface area contributed by atoms with Crippen LogP contribution in [0, 0.1) is 5.82 Å². The highest BCUT2D eigenvalue weighted by molar-refractivity contribution is 6.30. The minimum Gasteiger partial charge on any atom is -0.394 e. The van der Waals surface area contributed by atoms with Crippen LogP contribution in [0.1, 0.15) is 11.6 Å². The van der Waals surface area contributed by atoms with Crippen molar-refractivity contribution < 1.29 is 14.3 Å². The molecular formula is C15H14ClFN2O2. The van der Waals surface area contributed by atoms with Crippen LogP contribution in [-0.4, -0.2) is 17.7 Å². The number of aliphatic hydroxyl groups is 1. The maximum atomic E-state index is 13.4. The smallest absolute Gasteiger partial charge is 0.319 e. The van der Waals surface area contributed by atoms with E-state index in [2.05, 4.69) is 10.6 Å². The highest BCUT2D eigenvalue weighted by atomic mass is 35.5. The Balaban J connectivity index is 2.03. The fraction of sp³-hybridized carbons (Fsp3) is 0.133. The SMILES string of the molecule is O=C(Nc1ccccc1F)NC(CO)c1ccc(Cl)cc1. The Morgan fingerprint density at radius 3 is 2.48 bits per heavy atom. The van der Waals surface area contributed by atoms with Gasteiger partial charge in [0.05, 0.1) is 18.3 Å². The van der Waals surface area contributed by atoms with Gasteiger partial charge in [-0.15, -0.1) is 0 Å². The van der Waals surface area contributed by atoms with E-state index in [0.717, 1.165) is 0 Å². The molecule has 0 aliphatic carbocycles. The number of anilines is 1. The number of nitrogens with one attached hydrogen (secondary N) is 2. The normalized spacial score (nSPS) is 11.8. The van der Waals surface area contributed by atoms with Crippen molar-refractivity contribution in [2.75, 3.05) is 11.9 Å². The summed E-state index contributed by atoms with van der Waals surface area (Å²) in [5.41, 5.74) is 0.772. The van der Waals surface area contributed by atoms with E-state index in [1.54, 1.807) is 30.3 Å². The summed E-state index contributed by atoms with van der Waals surface area (Å²) in [6.07, 6.45) is 0. The first-order chi connectivity index (χ1) is 10.1. The van der Waals surface area contributed by atoms with Gasteiger partial charge in [-0.25, -0.2) is 9.18 Å². The molecule has 4 nitrogen and oxygen atoms in total. The Hall–Kier alpha value is -2.11. The Bertz CT molecular complexity index is 619. The average Bonchev–Trinajstić information content (AvgIpc) is 2.48. The van der Waals surface area contributed by atoms with Crippen molar-refractivity contribution >= 4 is 23.3 Å². The standard InChI is InChI=1S/C15H14ClFN2O2/c16-11-7-5-10(6-8-11)14(9-20)19-15(21)18-13-4-2-1-3-12(13)17/h1-8,14,20H,9H2,(H2,18,19,21). The molecule has 0 saturated heterocycles. The van der Waals surface area contributed by atoms with E-state index in [1.165, 1.54) is 18.2 Å². The molecule has 0 aliphatic rings. The maximum Gasteiger partial charge on any atom is 0.319 e. The van der Waals surface area contributed by atoms with Crippen molar-refractivity contribution in [1.29, 1.82) is 0 Å². The molecule has 0 heterocycles. The molecule has 0 bridgehead atoms. The minimum atomic E-state index is -0.603. The number of benzene rings is 2. The molecule has 21 heavy (non-hydrogen) atoms. The first-order valence-corrected chi connectivity index (χ1v) is 6.66. The molecule has 0 spiro atoms. The molecule has 0 aliphatic heterocycles. The van der Waals surface area contributed by atoms with Gasteiger partial charge in [0.2, 0.25) is 0 Å². The molecule has 1 atom stereocenters. The molecule has 6 heteroatoms. The second-order valence-electron chi connectivity index (χ2n) is 4.37. The molecule has 2 amide bonds. The van der Waals surface area contributed by atoms with E-state index in [4.69, 9.17) is 11.6 Å². The first-order valence-electron chi connectivity index (χ1n) is 6.28. The van der Waals surface area contributed by atoms with Gasteiger partial charge in [-0.05, 0) is 29.8 Å². The van der Waals surface area contributed by atoms with Crippen LogP contribution in [0.2, 0.25) is 5.02 Å². The minimum absolute atomic E-state index is 0.0720. The Kier molecular flexibility index (Phi) is 5.14.